The fraction of sp³-hybridized carbons (Fsp3) is 0.438. The lowest BCUT2D eigenvalue weighted by Crippen LogP contribution is -2.27. The first kappa shape index (κ1) is 16.1. The lowest BCUT2D eigenvalue weighted by Gasteiger charge is -2.16. The number of imidazole rings is 1. The predicted molar refractivity (Wildman–Crippen MR) is 94.6 cm³/mol. The van der Waals surface area contributed by atoms with Crippen LogP contribution in [0.3, 0.4) is 0 Å². The van der Waals surface area contributed by atoms with Crippen LogP contribution < -0.4 is 0 Å². The minimum Gasteiger partial charge on any atom is -0.335 e. The van der Waals surface area contributed by atoms with Gasteiger partial charge in [0.1, 0.15) is 4.88 Å². The van der Waals surface area contributed by atoms with Crippen molar-refractivity contribution in [1.82, 2.24) is 19.3 Å². The van der Waals surface area contributed by atoms with Crippen molar-refractivity contribution < 1.29 is 4.79 Å². The van der Waals surface area contributed by atoms with Crippen molar-refractivity contribution in [2.24, 2.45) is 0 Å². The molecule has 7 heteroatoms. The summed E-state index contributed by atoms with van der Waals surface area (Å²) >= 11 is 3.17. The van der Waals surface area contributed by atoms with Crippen molar-refractivity contribution in [3.63, 3.8) is 0 Å². The van der Waals surface area contributed by atoms with Crippen LogP contribution >= 0.6 is 22.7 Å². The molecule has 1 amide bonds. The van der Waals surface area contributed by atoms with E-state index in [2.05, 4.69) is 34.4 Å². The molecule has 0 aromatic carbocycles. The van der Waals surface area contributed by atoms with E-state index in [1.807, 2.05) is 20.9 Å². The lowest BCUT2D eigenvalue weighted by atomic mass is 10.3. The number of aryl methyl sites for hydroxylation is 4. The second kappa shape index (κ2) is 6.05. The Morgan fingerprint density at radius 2 is 1.96 bits per heavy atom. The fourth-order valence-electron chi connectivity index (χ4n) is 2.57. The smallest absolute Gasteiger partial charge is 0.265 e. The second-order valence-corrected chi connectivity index (χ2v) is 7.97. The van der Waals surface area contributed by atoms with Crippen molar-refractivity contribution in [3.8, 4) is 0 Å². The fourth-order valence-corrected chi connectivity index (χ4v) is 4.46. The Labute approximate surface area is 143 Å². The number of hydrogen-bond donors (Lipinski definition) is 0. The molecule has 3 aromatic rings. The summed E-state index contributed by atoms with van der Waals surface area (Å²) in [7, 11) is 1.84. The molecule has 3 heterocycles. The third-order valence-corrected chi connectivity index (χ3v) is 6.00. The van der Waals surface area contributed by atoms with Crippen molar-refractivity contribution in [1.29, 1.82) is 0 Å². The standard InChI is InChI=1S/C16H20N4OS2/c1-6-13-17-11(4)14(23-13)15(21)19(5)8-12-10(3)18-16-20(12)7-9(2)22-16/h7H,6,8H2,1-5H3. The molecule has 0 aliphatic carbocycles. The van der Waals surface area contributed by atoms with Gasteiger partial charge in [0.2, 0.25) is 0 Å². The van der Waals surface area contributed by atoms with Gasteiger partial charge in [0.05, 0.1) is 28.6 Å². The maximum absolute atomic E-state index is 12.7. The van der Waals surface area contributed by atoms with E-state index in [0.29, 0.717) is 6.54 Å². The highest BCUT2D eigenvalue weighted by molar-refractivity contribution is 7.17. The van der Waals surface area contributed by atoms with E-state index in [4.69, 9.17) is 0 Å². The van der Waals surface area contributed by atoms with E-state index >= 15 is 0 Å². The van der Waals surface area contributed by atoms with Crippen LogP contribution in [-0.2, 0) is 13.0 Å². The Bertz CT molecular complexity index is 874. The van der Waals surface area contributed by atoms with Crippen molar-refractivity contribution in [3.05, 3.63) is 38.0 Å². The van der Waals surface area contributed by atoms with Gasteiger partial charge < -0.3 is 4.90 Å². The number of carbonyl (C=O) groups excluding carboxylic acids is 1. The Hall–Kier alpha value is -1.73. The molecule has 0 aliphatic rings. The number of hydrogen-bond acceptors (Lipinski definition) is 5. The SMILES string of the molecule is CCc1nc(C)c(C(=O)N(C)Cc2c(C)nc3sc(C)cn23)s1. The molecule has 3 rings (SSSR count). The molecule has 0 saturated carbocycles. The van der Waals surface area contributed by atoms with E-state index in [9.17, 15) is 4.79 Å². The molecular weight excluding hydrogens is 328 g/mol. The largest absolute Gasteiger partial charge is 0.335 e. The zero-order chi connectivity index (χ0) is 16.7. The molecular formula is C16H20N4OS2. The van der Waals surface area contributed by atoms with Gasteiger partial charge in [0.15, 0.2) is 4.96 Å². The van der Waals surface area contributed by atoms with Gasteiger partial charge in [0, 0.05) is 18.1 Å². The molecule has 0 saturated heterocycles. The summed E-state index contributed by atoms with van der Waals surface area (Å²) in [6.45, 7) is 8.57. The zero-order valence-electron chi connectivity index (χ0n) is 14.0. The van der Waals surface area contributed by atoms with Crippen molar-refractivity contribution in [2.45, 2.75) is 40.7 Å². The highest BCUT2D eigenvalue weighted by atomic mass is 32.1. The molecule has 0 radical (unpaired) electrons. The number of aromatic nitrogens is 3. The van der Waals surface area contributed by atoms with Crippen LogP contribution in [0, 0.1) is 20.8 Å². The number of amides is 1. The first-order valence-corrected chi connectivity index (χ1v) is 9.19. The summed E-state index contributed by atoms with van der Waals surface area (Å²) in [6.07, 6.45) is 2.94. The summed E-state index contributed by atoms with van der Waals surface area (Å²) in [5, 5.41) is 1.01. The van der Waals surface area contributed by atoms with Gasteiger partial charge in [-0.3, -0.25) is 9.20 Å². The number of rotatable bonds is 4. The van der Waals surface area contributed by atoms with Gasteiger partial charge in [-0.15, -0.1) is 22.7 Å². The quantitative estimate of drug-likeness (QED) is 0.724. The molecule has 0 aliphatic heterocycles. The van der Waals surface area contributed by atoms with Crippen molar-refractivity contribution in [2.75, 3.05) is 7.05 Å². The summed E-state index contributed by atoms with van der Waals surface area (Å²) in [4.78, 5) is 26.5. The molecule has 23 heavy (non-hydrogen) atoms. The number of carbonyl (C=O) groups is 1. The molecule has 0 atom stereocenters. The first-order valence-electron chi connectivity index (χ1n) is 7.56. The van der Waals surface area contributed by atoms with Crippen LogP contribution in [0.25, 0.3) is 4.96 Å². The Kier molecular flexibility index (Phi) is 4.25. The van der Waals surface area contributed by atoms with Gasteiger partial charge in [-0.05, 0) is 27.2 Å². The van der Waals surface area contributed by atoms with Gasteiger partial charge in [0.25, 0.3) is 5.91 Å². The van der Waals surface area contributed by atoms with Crippen LogP contribution in [0.5, 0.6) is 0 Å². The van der Waals surface area contributed by atoms with Crippen LogP contribution in [0.15, 0.2) is 6.20 Å². The Balaban J connectivity index is 1.87. The maximum Gasteiger partial charge on any atom is 0.265 e. The van der Waals surface area contributed by atoms with E-state index in [1.54, 1.807) is 16.2 Å². The summed E-state index contributed by atoms with van der Waals surface area (Å²) in [6, 6.07) is 0. The van der Waals surface area contributed by atoms with Gasteiger partial charge in [-0.1, -0.05) is 6.92 Å². The Morgan fingerprint density at radius 1 is 1.22 bits per heavy atom. The van der Waals surface area contributed by atoms with Crippen LogP contribution in [0.1, 0.15) is 43.6 Å². The number of nitrogens with zero attached hydrogens (tertiary/aromatic N) is 4. The first-order chi connectivity index (χ1) is 10.9. The van der Waals surface area contributed by atoms with Crippen LogP contribution in [0.4, 0.5) is 0 Å². The van der Waals surface area contributed by atoms with Crippen molar-refractivity contribution >= 4 is 33.5 Å². The minimum absolute atomic E-state index is 0.0287. The van der Waals surface area contributed by atoms with E-state index < -0.39 is 0 Å². The lowest BCUT2D eigenvalue weighted by molar-refractivity contribution is 0.0787. The monoisotopic (exact) mass is 348 g/mol. The molecule has 3 aromatic heterocycles. The molecule has 0 N–H and O–H groups in total. The topological polar surface area (TPSA) is 50.5 Å². The molecule has 0 unspecified atom stereocenters. The second-order valence-electron chi connectivity index (χ2n) is 5.68. The molecule has 0 fully saturated rings. The number of thiazole rings is 2. The average Bonchev–Trinajstić information content (AvgIpc) is 3.13. The summed E-state index contributed by atoms with van der Waals surface area (Å²) < 4.78 is 2.09. The molecule has 122 valence electrons. The summed E-state index contributed by atoms with van der Waals surface area (Å²) in [5.74, 6) is 0.0287. The highest BCUT2D eigenvalue weighted by Crippen LogP contribution is 2.24. The highest BCUT2D eigenvalue weighted by Gasteiger charge is 2.21. The maximum atomic E-state index is 12.7. The minimum atomic E-state index is 0.0287. The average molecular weight is 348 g/mol. The number of fused-ring (bicyclic) bond motifs is 1. The van der Waals surface area contributed by atoms with E-state index in [-0.39, 0.29) is 5.91 Å². The summed E-state index contributed by atoms with van der Waals surface area (Å²) in [5.41, 5.74) is 2.87. The molecule has 0 bridgehead atoms. The third-order valence-electron chi connectivity index (χ3n) is 3.81. The molecule has 0 spiro atoms. The zero-order valence-corrected chi connectivity index (χ0v) is 15.6. The normalized spacial score (nSPS) is 11.3. The Morgan fingerprint density at radius 3 is 2.61 bits per heavy atom. The predicted octanol–water partition coefficient (Wildman–Crippen LogP) is 3.61. The van der Waals surface area contributed by atoms with Gasteiger partial charge in [-0.25, -0.2) is 9.97 Å². The van der Waals surface area contributed by atoms with E-state index in [0.717, 1.165) is 38.3 Å². The van der Waals surface area contributed by atoms with Gasteiger partial charge in [-0.2, -0.15) is 0 Å². The van der Waals surface area contributed by atoms with Crippen LogP contribution in [0.2, 0.25) is 0 Å². The molecule has 5 nitrogen and oxygen atoms in total. The van der Waals surface area contributed by atoms with Gasteiger partial charge >= 0.3 is 0 Å². The van der Waals surface area contributed by atoms with Crippen LogP contribution in [-0.4, -0.2) is 32.2 Å². The third kappa shape index (κ3) is 2.90. The van der Waals surface area contributed by atoms with E-state index in [1.165, 1.54) is 16.2 Å².